The minimum Gasteiger partial charge on any atom is -0.492 e. The lowest BCUT2D eigenvalue weighted by atomic mass is 10.1. The second-order valence-corrected chi connectivity index (χ2v) is 4.54. The number of aliphatic hydroxyl groups excluding tert-OH is 1. The van der Waals surface area contributed by atoms with Gasteiger partial charge in [0, 0.05) is 12.6 Å². The smallest absolute Gasteiger partial charge is 0.122 e. The number of nitrogens with one attached hydrogen (secondary N) is 1. The van der Waals surface area contributed by atoms with Gasteiger partial charge in [0.05, 0.1) is 0 Å². The van der Waals surface area contributed by atoms with Gasteiger partial charge in [-0.25, -0.2) is 0 Å². The van der Waals surface area contributed by atoms with E-state index in [-0.39, 0.29) is 6.61 Å². The molecule has 0 radical (unpaired) electrons. The van der Waals surface area contributed by atoms with Crippen LogP contribution in [0.4, 0.5) is 0 Å². The number of aliphatic hydroxyl groups is 1. The molecule has 94 valence electrons. The van der Waals surface area contributed by atoms with Crippen molar-refractivity contribution in [2.24, 2.45) is 0 Å². The molecule has 1 unspecified atom stereocenters. The Hall–Kier alpha value is -1.06. The Labute approximate surface area is 103 Å². The normalized spacial score (nSPS) is 20.2. The van der Waals surface area contributed by atoms with Crippen LogP contribution in [0.25, 0.3) is 0 Å². The molecule has 2 rings (SSSR count). The predicted molar refractivity (Wildman–Crippen MR) is 68.4 cm³/mol. The monoisotopic (exact) mass is 235 g/mol. The summed E-state index contributed by atoms with van der Waals surface area (Å²) in [5.74, 6) is 0.911. The topological polar surface area (TPSA) is 41.5 Å². The molecule has 1 aliphatic rings. The molecule has 0 saturated carbocycles. The summed E-state index contributed by atoms with van der Waals surface area (Å²) in [4.78, 5) is 0. The van der Waals surface area contributed by atoms with Gasteiger partial charge in [0.15, 0.2) is 0 Å². The summed E-state index contributed by atoms with van der Waals surface area (Å²) in [6.45, 7) is 2.00. The first-order valence-corrected chi connectivity index (χ1v) is 6.45. The number of benzene rings is 1. The van der Waals surface area contributed by atoms with Crippen LogP contribution in [0.15, 0.2) is 24.3 Å². The van der Waals surface area contributed by atoms with Gasteiger partial charge in [-0.2, -0.15) is 0 Å². The van der Waals surface area contributed by atoms with Crippen LogP contribution in [0.5, 0.6) is 5.75 Å². The third-order valence-electron chi connectivity index (χ3n) is 3.21. The maximum absolute atomic E-state index is 8.99. The van der Waals surface area contributed by atoms with Crippen LogP contribution in [0, 0.1) is 0 Å². The lowest BCUT2D eigenvalue weighted by Gasteiger charge is -2.24. The lowest BCUT2D eigenvalue weighted by molar-refractivity contribution is 0.235. The molecule has 1 heterocycles. The van der Waals surface area contributed by atoms with Crippen molar-refractivity contribution in [1.82, 2.24) is 5.32 Å². The number of piperidine rings is 1. The van der Waals surface area contributed by atoms with E-state index in [1.807, 2.05) is 24.3 Å². The molecule has 17 heavy (non-hydrogen) atoms. The van der Waals surface area contributed by atoms with Gasteiger partial charge in [-0.05, 0) is 37.4 Å². The van der Waals surface area contributed by atoms with E-state index in [4.69, 9.17) is 9.84 Å². The summed E-state index contributed by atoms with van der Waals surface area (Å²) < 4.78 is 5.86. The Bertz CT molecular complexity index is 335. The molecule has 1 aromatic rings. The van der Waals surface area contributed by atoms with E-state index >= 15 is 0 Å². The molecular weight excluding hydrogens is 214 g/mol. The van der Waals surface area contributed by atoms with Crippen molar-refractivity contribution in [2.75, 3.05) is 19.8 Å². The first-order chi connectivity index (χ1) is 8.40. The molecule has 3 nitrogen and oxygen atoms in total. The van der Waals surface area contributed by atoms with Crippen LogP contribution in [0.3, 0.4) is 0 Å². The highest BCUT2D eigenvalue weighted by Crippen LogP contribution is 2.19. The van der Waals surface area contributed by atoms with Crippen molar-refractivity contribution >= 4 is 0 Å². The summed E-state index contributed by atoms with van der Waals surface area (Å²) in [5.41, 5.74) is 1.09. The predicted octanol–water partition coefficient (Wildman–Crippen LogP) is 1.74. The molecule has 3 heteroatoms. The maximum atomic E-state index is 8.99. The Morgan fingerprint density at radius 3 is 2.94 bits per heavy atom. The number of para-hydroxylation sites is 1. The van der Waals surface area contributed by atoms with Crippen LogP contribution in [-0.4, -0.2) is 30.9 Å². The number of hydrogen-bond acceptors (Lipinski definition) is 3. The number of ether oxygens (including phenoxy) is 1. The van der Waals surface area contributed by atoms with Crippen LogP contribution >= 0.6 is 0 Å². The highest BCUT2D eigenvalue weighted by Gasteiger charge is 2.13. The van der Waals surface area contributed by atoms with E-state index in [1.54, 1.807) is 0 Å². The molecule has 1 atom stereocenters. The SMILES string of the molecule is OCCc1ccccc1OCC1CCCCN1. The summed E-state index contributed by atoms with van der Waals surface area (Å²) in [5, 5.41) is 12.5. The highest BCUT2D eigenvalue weighted by atomic mass is 16.5. The van der Waals surface area contributed by atoms with Crippen LogP contribution in [0.1, 0.15) is 24.8 Å². The zero-order valence-electron chi connectivity index (χ0n) is 10.2. The van der Waals surface area contributed by atoms with Crippen molar-refractivity contribution in [3.8, 4) is 5.75 Å². The quantitative estimate of drug-likeness (QED) is 0.817. The van der Waals surface area contributed by atoms with E-state index in [0.29, 0.717) is 12.5 Å². The molecule has 1 aromatic carbocycles. The minimum atomic E-state index is 0.169. The number of rotatable bonds is 5. The molecule has 0 spiro atoms. The highest BCUT2D eigenvalue weighted by molar-refractivity contribution is 5.33. The van der Waals surface area contributed by atoms with E-state index in [0.717, 1.165) is 24.5 Å². The fourth-order valence-electron chi connectivity index (χ4n) is 2.23. The molecule has 2 N–H and O–H groups in total. The number of hydrogen-bond donors (Lipinski definition) is 2. The second kappa shape index (κ2) is 6.62. The molecule has 1 aliphatic heterocycles. The third kappa shape index (κ3) is 3.72. The zero-order chi connectivity index (χ0) is 11.9. The average Bonchev–Trinajstić information content (AvgIpc) is 2.39. The largest absolute Gasteiger partial charge is 0.492 e. The van der Waals surface area contributed by atoms with Crippen molar-refractivity contribution in [3.05, 3.63) is 29.8 Å². The van der Waals surface area contributed by atoms with E-state index < -0.39 is 0 Å². The van der Waals surface area contributed by atoms with Crippen LogP contribution in [-0.2, 0) is 6.42 Å². The van der Waals surface area contributed by atoms with Crippen molar-refractivity contribution < 1.29 is 9.84 Å². The van der Waals surface area contributed by atoms with Gasteiger partial charge < -0.3 is 15.2 Å². The fourth-order valence-corrected chi connectivity index (χ4v) is 2.23. The summed E-state index contributed by atoms with van der Waals surface area (Å²) in [6.07, 6.45) is 4.42. The van der Waals surface area contributed by atoms with Gasteiger partial charge in [-0.1, -0.05) is 24.6 Å². The molecular formula is C14H21NO2. The standard InChI is InChI=1S/C14H21NO2/c16-10-8-12-5-1-2-7-14(12)17-11-13-6-3-4-9-15-13/h1-2,5,7,13,15-16H,3-4,6,8-11H2. The van der Waals surface area contributed by atoms with E-state index in [9.17, 15) is 0 Å². The Balaban J connectivity index is 1.88. The Morgan fingerprint density at radius 1 is 1.29 bits per heavy atom. The molecule has 0 bridgehead atoms. The van der Waals surface area contributed by atoms with Crippen molar-refractivity contribution in [1.29, 1.82) is 0 Å². The average molecular weight is 235 g/mol. The van der Waals surface area contributed by atoms with Crippen molar-refractivity contribution in [3.63, 3.8) is 0 Å². The summed E-state index contributed by atoms with van der Waals surface area (Å²) >= 11 is 0. The molecule has 0 aromatic heterocycles. The van der Waals surface area contributed by atoms with Gasteiger partial charge in [0.1, 0.15) is 12.4 Å². The fraction of sp³-hybridized carbons (Fsp3) is 0.571. The van der Waals surface area contributed by atoms with Gasteiger partial charge in [0.25, 0.3) is 0 Å². The van der Waals surface area contributed by atoms with Gasteiger partial charge in [-0.3, -0.25) is 0 Å². The first-order valence-electron chi connectivity index (χ1n) is 6.45. The van der Waals surface area contributed by atoms with E-state index in [1.165, 1.54) is 19.3 Å². The van der Waals surface area contributed by atoms with Crippen LogP contribution in [0.2, 0.25) is 0 Å². The molecule has 1 saturated heterocycles. The first kappa shape index (κ1) is 12.4. The Kier molecular flexibility index (Phi) is 4.83. The van der Waals surface area contributed by atoms with Gasteiger partial charge in [-0.15, -0.1) is 0 Å². The van der Waals surface area contributed by atoms with Crippen molar-refractivity contribution in [2.45, 2.75) is 31.7 Å². The van der Waals surface area contributed by atoms with Gasteiger partial charge >= 0.3 is 0 Å². The molecule has 0 aliphatic carbocycles. The Morgan fingerprint density at radius 2 is 2.18 bits per heavy atom. The second-order valence-electron chi connectivity index (χ2n) is 4.54. The molecule has 1 fully saturated rings. The zero-order valence-corrected chi connectivity index (χ0v) is 10.2. The third-order valence-corrected chi connectivity index (χ3v) is 3.21. The maximum Gasteiger partial charge on any atom is 0.122 e. The lowest BCUT2D eigenvalue weighted by Crippen LogP contribution is -2.38. The molecule has 0 amide bonds. The van der Waals surface area contributed by atoms with E-state index in [2.05, 4.69) is 5.32 Å². The summed E-state index contributed by atoms with van der Waals surface area (Å²) in [7, 11) is 0. The minimum absolute atomic E-state index is 0.169. The summed E-state index contributed by atoms with van der Waals surface area (Å²) in [6, 6.07) is 8.43. The van der Waals surface area contributed by atoms with Crippen LogP contribution < -0.4 is 10.1 Å². The van der Waals surface area contributed by atoms with Gasteiger partial charge in [0.2, 0.25) is 0 Å².